The minimum Gasteiger partial charge on any atom is -0.493 e. The fourth-order valence-electron chi connectivity index (χ4n) is 4.28. The van der Waals surface area contributed by atoms with Gasteiger partial charge >= 0.3 is 0 Å². The topological polar surface area (TPSA) is 76.2 Å². The number of benzene rings is 2. The molecule has 2 aliphatic rings. The van der Waals surface area contributed by atoms with E-state index in [0.717, 1.165) is 5.56 Å². The molecule has 0 radical (unpaired) electrons. The summed E-state index contributed by atoms with van der Waals surface area (Å²) in [5.41, 5.74) is 1.59. The maximum atomic E-state index is 13.1. The first-order chi connectivity index (χ1) is 14.3. The lowest BCUT2D eigenvalue weighted by Crippen LogP contribution is -2.61. The van der Waals surface area contributed by atoms with Gasteiger partial charge in [0.05, 0.1) is 38.3 Å². The Bertz CT molecular complexity index is 1060. The van der Waals surface area contributed by atoms with Crippen molar-refractivity contribution in [2.75, 3.05) is 37.2 Å². The van der Waals surface area contributed by atoms with Crippen molar-refractivity contribution in [3.63, 3.8) is 0 Å². The van der Waals surface area contributed by atoms with E-state index in [9.17, 15) is 13.2 Å². The fraction of sp³-hybridized carbons (Fsp3) is 0.381. The van der Waals surface area contributed by atoms with Crippen LogP contribution in [0.5, 0.6) is 11.5 Å². The molecule has 1 amide bonds. The van der Waals surface area contributed by atoms with E-state index in [2.05, 4.69) is 0 Å². The van der Waals surface area contributed by atoms with Gasteiger partial charge in [-0.1, -0.05) is 17.7 Å². The molecule has 0 unspecified atom stereocenters. The zero-order valence-electron chi connectivity index (χ0n) is 16.7. The molecule has 4 rings (SSSR count). The van der Waals surface area contributed by atoms with Gasteiger partial charge in [0.2, 0.25) is 5.91 Å². The van der Waals surface area contributed by atoms with Crippen LogP contribution in [0.4, 0.5) is 5.69 Å². The summed E-state index contributed by atoms with van der Waals surface area (Å²) in [5.74, 6) is 1.07. The standard InChI is InChI=1S/C21H23ClN2O5S/c1-28-19-8-3-14(9-20(19)29-2)10-23-11-21(25)24(16-6-4-15(22)5-7-16)18-13-30(26,27)12-17(18)23/h3-9,17-18H,10-13H2,1-2H3/t17-,18+/m0/s1. The quantitative estimate of drug-likeness (QED) is 0.696. The summed E-state index contributed by atoms with van der Waals surface area (Å²) in [6.45, 7) is 0.574. The molecule has 0 bridgehead atoms. The zero-order valence-corrected chi connectivity index (χ0v) is 18.3. The zero-order chi connectivity index (χ0) is 21.5. The Kier molecular flexibility index (Phi) is 5.65. The Balaban J connectivity index is 1.64. The maximum Gasteiger partial charge on any atom is 0.241 e. The lowest BCUT2D eigenvalue weighted by atomic mass is 10.0. The minimum atomic E-state index is -3.26. The first-order valence-electron chi connectivity index (χ1n) is 9.54. The van der Waals surface area contributed by atoms with E-state index in [1.807, 2.05) is 23.1 Å². The molecule has 0 aromatic heterocycles. The van der Waals surface area contributed by atoms with Crippen LogP contribution in [0.25, 0.3) is 0 Å². The monoisotopic (exact) mass is 450 g/mol. The van der Waals surface area contributed by atoms with Crippen LogP contribution in [0.15, 0.2) is 42.5 Å². The second-order valence-electron chi connectivity index (χ2n) is 7.55. The average molecular weight is 451 g/mol. The number of nitrogens with zero attached hydrogens (tertiary/aromatic N) is 2. The van der Waals surface area contributed by atoms with Crippen molar-refractivity contribution >= 4 is 33.0 Å². The summed E-state index contributed by atoms with van der Waals surface area (Å²) in [6.07, 6.45) is 0. The number of carbonyl (C=O) groups is 1. The maximum absolute atomic E-state index is 13.1. The minimum absolute atomic E-state index is 0.0301. The van der Waals surface area contributed by atoms with Crippen molar-refractivity contribution in [3.05, 3.63) is 53.1 Å². The molecule has 0 aliphatic carbocycles. The van der Waals surface area contributed by atoms with Gasteiger partial charge in [0.15, 0.2) is 21.3 Å². The highest BCUT2D eigenvalue weighted by molar-refractivity contribution is 7.91. The number of rotatable bonds is 5. The number of anilines is 1. The molecule has 2 fully saturated rings. The number of carbonyl (C=O) groups excluding carboxylic acids is 1. The van der Waals surface area contributed by atoms with Crippen molar-refractivity contribution in [1.29, 1.82) is 0 Å². The summed E-state index contributed by atoms with van der Waals surface area (Å²) in [7, 11) is -0.122. The van der Waals surface area contributed by atoms with Gasteiger partial charge in [-0.25, -0.2) is 8.42 Å². The molecule has 160 valence electrons. The molecule has 2 aliphatic heterocycles. The summed E-state index contributed by atoms with van der Waals surface area (Å²) in [5, 5.41) is 0.564. The van der Waals surface area contributed by atoms with Crippen LogP contribution in [-0.4, -0.2) is 63.6 Å². The molecule has 2 saturated heterocycles. The van der Waals surface area contributed by atoms with E-state index in [4.69, 9.17) is 21.1 Å². The van der Waals surface area contributed by atoms with E-state index >= 15 is 0 Å². The van der Waals surface area contributed by atoms with Crippen molar-refractivity contribution in [2.24, 2.45) is 0 Å². The third kappa shape index (κ3) is 3.99. The Morgan fingerprint density at radius 1 is 1.00 bits per heavy atom. The van der Waals surface area contributed by atoms with Crippen molar-refractivity contribution in [2.45, 2.75) is 18.6 Å². The molecule has 2 aromatic rings. The predicted molar refractivity (Wildman–Crippen MR) is 115 cm³/mol. The van der Waals surface area contributed by atoms with Crippen LogP contribution in [-0.2, 0) is 21.2 Å². The number of hydrogen-bond donors (Lipinski definition) is 0. The summed E-state index contributed by atoms with van der Waals surface area (Å²) < 4.78 is 35.6. The van der Waals surface area contributed by atoms with Gasteiger partial charge in [0.25, 0.3) is 0 Å². The van der Waals surface area contributed by atoms with Gasteiger partial charge in [-0.3, -0.25) is 9.69 Å². The highest BCUT2D eigenvalue weighted by atomic mass is 35.5. The second kappa shape index (κ2) is 8.09. The van der Waals surface area contributed by atoms with Crippen LogP contribution in [0.1, 0.15) is 5.56 Å². The van der Waals surface area contributed by atoms with Crippen LogP contribution in [0.3, 0.4) is 0 Å². The Labute approximate surface area is 181 Å². The average Bonchev–Trinajstić information content (AvgIpc) is 3.04. The number of sulfone groups is 1. The van der Waals surface area contributed by atoms with E-state index in [0.29, 0.717) is 28.8 Å². The van der Waals surface area contributed by atoms with Gasteiger partial charge in [0, 0.05) is 23.3 Å². The number of fused-ring (bicyclic) bond motifs is 1. The van der Waals surface area contributed by atoms with E-state index in [1.54, 1.807) is 43.4 Å². The summed E-state index contributed by atoms with van der Waals surface area (Å²) >= 11 is 5.98. The summed E-state index contributed by atoms with van der Waals surface area (Å²) in [4.78, 5) is 16.6. The first kappa shape index (κ1) is 21.0. The van der Waals surface area contributed by atoms with E-state index in [-0.39, 0.29) is 30.0 Å². The molecule has 0 saturated carbocycles. The largest absolute Gasteiger partial charge is 0.493 e. The highest BCUT2D eigenvalue weighted by Crippen LogP contribution is 2.34. The van der Waals surface area contributed by atoms with Crippen molar-refractivity contribution in [3.8, 4) is 11.5 Å². The number of hydrogen-bond acceptors (Lipinski definition) is 6. The fourth-order valence-corrected chi connectivity index (χ4v) is 6.39. The number of halogens is 1. The lowest BCUT2D eigenvalue weighted by molar-refractivity contribution is -0.123. The van der Waals surface area contributed by atoms with Gasteiger partial charge in [-0.15, -0.1) is 0 Å². The SMILES string of the molecule is COc1ccc(CN2CC(=O)N(c3ccc(Cl)cc3)[C@@H]3CS(=O)(=O)C[C@@H]32)cc1OC. The van der Waals surface area contributed by atoms with Crippen molar-refractivity contribution in [1.82, 2.24) is 4.90 Å². The van der Waals surface area contributed by atoms with Crippen LogP contribution < -0.4 is 14.4 Å². The van der Waals surface area contributed by atoms with Gasteiger partial charge < -0.3 is 14.4 Å². The Morgan fingerprint density at radius 2 is 1.67 bits per heavy atom. The number of methoxy groups -OCH3 is 2. The Morgan fingerprint density at radius 3 is 2.33 bits per heavy atom. The number of piperazine rings is 1. The predicted octanol–water partition coefficient (Wildman–Crippen LogP) is 2.37. The normalized spacial score (nSPS) is 23.3. The third-order valence-electron chi connectivity index (χ3n) is 5.64. The van der Waals surface area contributed by atoms with Gasteiger partial charge in [-0.2, -0.15) is 0 Å². The van der Waals surface area contributed by atoms with E-state index < -0.39 is 15.9 Å². The smallest absolute Gasteiger partial charge is 0.241 e. The molecule has 0 spiro atoms. The van der Waals surface area contributed by atoms with E-state index in [1.165, 1.54) is 0 Å². The van der Waals surface area contributed by atoms with Crippen LogP contribution in [0.2, 0.25) is 5.02 Å². The Hall–Kier alpha value is -2.29. The van der Waals surface area contributed by atoms with Gasteiger partial charge in [0.1, 0.15) is 0 Å². The molecule has 2 atom stereocenters. The highest BCUT2D eigenvalue weighted by Gasteiger charge is 2.49. The van der Waals surface area contributed by atoms with Crippen LogP contribution in [0, 0.1) is 0 Å². The molecule has 7 nitrogen and oxygen atoms in total. The molecule has 30 heavy (non-hydrogen) atoms. The molecule has 0 N–H and O–H groups in total. The molecule has 2 aromatic carbocycles. The molecule has 2 heterocycles. The van der Waals surface area contributed by atoms with Crippen molar-refractivity contribution < 1.29 is 22.7 Å². The summed E-state index contributed by atoms with van der Waals surface area (Å²) in [6, 6.07) is 11.8. The number of amides is 1. The van der Waals surface area contributed by atoms with Crippen LogP contribution >= 0.6 is 11.6 Å². The second-order valence-corrected chi connectivity index (χ2v) is 10.1. The molecular weight excluding hydrogens is 428 g/mol. The lowest BCUT2D eigenvalue weighted by Gasteiger charge is -2.43. The molecular formula is C21H23ClN2O5S. The first-order valence-corrected chi connectivity index (χ1v) is 11.7. The molecule has 9 heteroatoms. The number of ether oxygens (including phenoxy) is 2. The van der Waals surface area contributed by atoms with Gasteiger partial charge in [-0.05, 0) is 42.0 Å². The third-order valence-corrected chi connectivity index (χ3v) is 7.59.